The molecule has 4 unspecified atom stereocenters. The van der Waals surface area contributed by atoms with Crippen LogP contribution in [0.3, 0.4) is 0 Å². The summed E-state index contributed by atoms with van der Waals surface area (Å²) in [6.07, 6.45) is 58.2. The van der Waals surface area contributed by atoms with Crippen LogP contribution in [-0.4, -0.2) is 96.7 Å². The van der Waals surface area contributed by atoms with Crippen molar-refractivity contribution in [2.45, 2.75) is 440 Å². The molecule has 0 aliphatic carbocycles. The molecule has 0 saturated heterocycles. The van der Waals surface area contributed by atoms with Crippen LogP contribution >= 0.6 is 15.6 Å². The van der Waals surface area contributed by atoms with Gasteiger partial charge in [-0.2, -0.15) is 0 Å². The summed E-state index contributed by atoms with van der Waals surface area (Å²) in [5.41, 5.74) is 0. The van der Waals surface area contributed by atoms with E-state index in [2.05, 4.69) is 55.4 Å². The lowest BCUT2D eigenvalue weighted by Gasteiger charge is -2.21. The van der Waals surface area contributed by atoms with Crippen molar-refractivity contribution in [3.63, 3.8) is 0 Å². The highest BCUT2D eigenvalue weighted by molar-refractivity contribution is 7.47. The molecule has 19 heteroatoms. The van der Waals surface area contributed by atoms with Gasteiger partial charge in [-0.3, -0.25) is 37.3 Å². The molecule has 3 N–H and O–H groups in total. The van der Waals surface area contributed by atoms with Crippen LogP contribution in [0.2, 0.25) is 0 Å². The van der Waals surface area contributed by atoms with E-state index in [0.717, 1.165) is 120 Å². The Labute approximate surface area is 619 Å². The average Bonchev–Trinajstić information content (AvgIpc) is 1.07. The predicted octanol–water partition coefficient (Wildman–Crippen LogP) is 24.4. The Morgan fingerprint density at radius 1 is 0.277 bits per heavy atom. The van der Waals surface area contributed by atoms with E-state index in [-0.39, 0.29) is 25.7 Å². The molecule has 7 atom stereocenters. The van der Waals surface area contributed by atoms with E-state index in [1.807, 2.05) is 0 Å². The smallest absolute Gasteiger partial charge is 0.462 e. The molecule has 0 amide bonds. The number of phosphoric acid groups is 2. The topological polar surface area (TPSA) is 237 Å². The SMILES string of the molecule is CCC(C)CCCCCCCCCCCCC(=O)O[C@H](COC(=O)CCCCCCCCC(C)CC)COP(=O)(O)OC[C@H](O)COP(=O)(O)OC[C@@H](COC(=O)CCCCCCCCCCCCCCCCCC(C)C)OC(=O)CCCCCCCCCCCCCCCCCCC(C)C. The zero-order chi connectivity index (χ0) is 74.6. The number of phosphoric ester groups is 2. The van der Waals surface area contributed by atoms with Gasteiger partial charge in [-0.05, 0) is 49.4 Å². The third-order valence-electron chi connectivity index (χ3n) is 19.8. The molecule has 17 nitrogen and oxygen atoms in total. The average molecular weight is 1480 g/mol. The number of esters is 4. The summed E-state index contributed by atoms with van der Waals surface area (Å²) in [5, 5.41) is 10.6. The molecule has 0 saturated carbocycles. The Kier molecular flexibility index (Phi) is 69.6. The second-order valence-electron chi connectivity index (χ2n) is 31.0. The van der Waals surface area contributed by atoms with Gasteiger partial charge >= 0.3 is 39.5 Å². The lowest BCUT2D eigenvalue weighted by Crippen LogP contribution is -2.30. The molecule has 0 heterocycles. The van der Waals surface area contributed by atoms with Crippen LogP contribution in [0.4, 0.5) is 0 Å². The zero-order valence-electron chi connectivity index (χ0n) is 66.5. The van der Waals surface area contributed by atoms with E-state index >= 15 is 0 Å². The summed E-state index contributed by atoms with van der Waals surface area (Å²) < 4.78 is 68.8. The maximum atomic E-state index is 13.1. The molecule has 0 aromatic carbocycles. The van der Waals surface area contributed by atoms with Gasteiger partial charge in [0, 0.05) is 25.7 Å². The molecule has 0 rings (SSSR count). The molecule has 0 fully saturated rings. The van der Waals surface area contributed by atoms with Crippen molar-refractivity contribution in [2.75, 3.05) is 39.6 Å². The first-order chi connectivity index (χ1) is 48.7. The normalized spacial score (nSPS) is 14.5. The van der Waals surface area contributed by atoms with Crippen LogP contribution < -0.4 is 0 Å². The summed E-state index contributed by atoms with van der Waals surface area (Å²) in [7, 11) is -9.92. The summed E-state index contributed by atoms with van der Waals surface area (Å²) in [5.74, 6) is 1.04. The molecule has 0 aliphatic heterocycles. The Morgan fingerprint density at radius 3 is 0.703 bits per heavy atom. The van der Waals surface area contributed by atoms with Crippen LogP contribution in [-0.2, 0) is 65.4 Å². The molecule has 0 bridgehead atoms. The molecular weight excluding hydrogens is 1320 g/mol. The minimum absolute atomic E-state index is 0.105. The first kappa shape index (κ1) is 99.1. The minimum Gasteiger partial charge on any atom is -0.462 e. The number of carbonyl (C=O) groups excluding carboxylic acids is 4. The Bertz CT molecular complexity index is 1980. The Balaban J connectivity index is 5.25. The predicted molar refractivity (Wildman–Crippen MR) is 414 cm³/mol. The first-order valence-corrected chi connectivity index (χ1v) is 45.3. The Morgan fingerprint density at radius 2 is 0.475 bits per heavy atom. The number of hydrogen-bond acceptors (Lipinski definition) is 15. The fourth-order valence-electron chi connectivity index (χ4n) is 12.5. The third kappa shape index (κ3) is 73.4. The standard InChI is InChI=1S/C82H160O17P2/c1-9-74(7)60-52-44-36-30-26-27-33-39-49-57-65-82(87)99-78(69-93-80(85)63-55-47-41-40-45-53-61-75(8)10-2)71-97-101(90,91)95-67-76(83)66-94-100(88,89)96-70-77(68-92-79(84)62-54-46-37-31-24-20-17-13-15-19-23-29-35-43-51-59-73(5)6)98-81(86)64-56-48-38-32-25-21-16-12-11-14-18-22-28-34-42-50-58-72(3)4/h72-78,83H,9-71H2,1-8H3,(H,88,89)(H,90,91)/t74?,75?,76-,77-,78-/m1/s1. The number of unbranched alkanes of at least 4 members (excludes halogenated alkanes) is 43. The van der Waals surface area contributed by atoms with Crippen molar-refractivity contribution in [3.8, 4) is 0 Å². The highest BCUT2D eigenvalue weighted by Crippen LogP contribution is 2.45. The third-order valence-corrected chi connectivity index (χ3v) is 21.7. The number of ether oxygens (including phenoxy) is 4. The molecule has 600 valence electrons. The van der Waals surface area contributed by atoms with E-state index in [1.165, 1.54) is 218 Å². The van der Waals surface area contributed by atoms with Crippen LogP contribution in [0.5, 0.6) is 0 Å². The van der Waals surface area contributed by atoms with Crippen molar-refractivity contribution in [1.82, 2.24) is 0 Å². The summed E-state index contributed by atoms with van der Waals surface area (Å²) in [4.78, 5) is 73.1. The van der Waals surface area contributed by atoms with Crippen LogP contribution in [0.1, 0.15) is 421 Å². The van der Waals surface area contributed by atoms with Crippen molar-refractivity contribution in [2.24, 2.45) is 23.7 Å². The van der Waals surface area contributed by atoms with Gasteiger partial charge in [0.15, 0.2) is 12.2 Å². The van der Waals surface area contributed by atoms with Gasteiger partial charge in [-0.1, -0.05) is 370 Å². The van der Waals surface area contributed by atoms with Gasteiger partial charge in [-0.25, -0.2) is 9.13 Å². The quantitative estimate of drug-likeness (QED) is 0.0222. The van der Waals surface area contributed by atoms with Crippen LogP contribution in [0.15, 0.2) is 0 Å². The van der Waals surface area contributed by atoms with Crippen molar-refractivity contribution < 1.29 is 80.2 Å². The molecule has 0 aromatic rings. The first-order valence-electron chi connectivity index (χ1n) is 42.3. The van der Waals surface area contributed by atoms with Gasteiger partial charge in [0.1, 0.15) is 19.3 Å². The van der Waals surface area contributed by atoms with Crippen LogP contribution in [0.25, 0.3) is 0 Å². The van der Waals surface area contributed by atoms with Gasteiger partial charge in [0.05, 0.1) is 26.4 Å². The van der Waals surface area contributed by atoms with E-state index in [0.29, 0.717) is 25.7 Å². The number of aliphatic hydroxyl groups is 1. The minimum atomic E-state index is -4.96. The molecule has 0 aliphatic rings. The monoisotopic (exact) mass is 1480 g/mol. The lowest BCUT2D eigenvalue weighted by molar-refractivity contribution is -0.161. The van der Waals surface area contributed by atoms with Gasteiger partial charge < -0.3 is 33.8 Å². The van der Waals surface area contributed by atoms with Crippen LogP contribution in [0, 0.1) is 23.7 Å². The fraction of sp³-hybridized carbons (Fsp3) is 0.951. The summed E-state index contributed by atoms with van der Waals surface area (Å²) in [6.45, 7) is 14.3. The van der Waals surface area contributed by atoms with E-state index in [9.17, 15) is 43.2 Å². The highest BCUT2D eigenvalue weighted by atomic mass is 31.2. The largest absolute Gasteiger partial charge is 0.472 e. The summed E-state index contributed by atoms with van der Waals surface area (Å²) >= 11 is 0. The molecule has 0 spiro atoms. The number of rotatable bonds is 79. The maximum absolute atomic E-state index is 13.1. The number of aliphatic hydroxyl groups excluding tert-OH is 1. The lowest BCUT2D eigenvalue weighted by atomic mass is 9.99. The molecule has 0 radical (unpaired) electrons. The molecule has 0 aromatic heterocycles. The van der Waals surface area contributed by atoms with Crippen molar-refractivity contribution in [1.29, 1.82) is 0 Å². The fourth-order valence-corrected chi connectivity index (χ4v) is 14.1. The summed E-state index contributed by atoms with van der Waals surface area (Å²) in [6, 6.07) is 0. The maximum Gasteiger partial charge on any atom is 0.472 e. The van der Waals surface area contributed by atoms with Gasteiger partial charge in [-0.15, -0.1) is 0 Å². The molecular formula is C82H160O17P2. The number of carbonyl (C=O) groups is 4. The highest BCUT2D eigenvalue weighted by Gasteiger charge is 2.30. The van der Waals surface area contributed by atoms with E-state index in [4.69, 9.17) is 37.0 Å². The van der Waals surface area contributed by atoms with E-state index in [1.54, 1.807) is 0 Å². The van der Waals surface area contributed by atoms with E-state index < -0.39 is 97.5 Å². The number of hydrogen-bond donors (Lipinski definition) is 3. The van der Waals surface area contributed by atoms with Crippen molar-refractivity contribution in [3.05, 3.63) is 0 Å². The second-order valence-corrected chi connectivity index (χ2v) is 33.9. The van der Waals surface area contributed by atoms with Gasteiger partial charge in [0.2, 0.25) is 0 Å². The van der Waals surface area contributed by atoms with Crippen molar-refractivity contribution >= 4 is 39.5 Å². The zero-order valence-corrected chi connectivity index (χ0v) is 68.3. The molecule has 101 heavy (non-hydrogen) atoms. The van der Waals surface area contributed by atoms with Gasteiger partial charge in [0.25, 0.3) is 0 Å². The Hall–Kier alpha value is -1.94. The second kappa shape index (κ2) is 71.0.